The molecule has 0 heterocycles. The summed E-state index contributed by atoms with van der Waals surface area (Å²) in [6.07, 6.45) is 0.293. The molecule has 0 saturated carbocycles. The van der Waals surface area contributed by atoms with Crippen molar-refractivity contribution in [2.75, 3.05) is 13.1 Å². The van der Waals surface area contributed by atoms with Crippen molar-refractivity contribution in [2.24, 2.45) is 5.41 Å². The van der Waals surface area contributed by atoms with Gasteiger partial charge in [0.25, 0.3) is 0 Å². The molecule has 34 heavy (non-hydrogen) atoms. The fourth-order valence-corrected chi connectivity index (χ4v) is 4.85. The first kappa shape index (κ1) is 24.2. The molecule has 0 fully saturated rings. The van der Waals surface area contributed by atoms with Crippen molar-refractivity contribution in [2.45, 2.75) is 51.7 Å². The predicted molar refractivity (Wildman–Crippen MR) is 139 cm³/mol. The number of hydrogen-bond donors (Lipinski definition) is 3. The molecular formula is C30H36N2O2. The van der Waals surface area contributed by atoms with E-state index in [0.717, 1.165) is 12.1 Å². The van der Waals surface area contributed by atoms with Gasteiger partial charge < -0.3 is 15.7 Å². The summed E-state index contributed by atoms with van der Waals surface area (Å²) >= 11 is 0. The SMILES string of the molecule is CC(C)(C)CNCC(O)CC(NC(=O)CC1c2ccccc2-c2ccccc21)c1ccccc1. The number of carbonyl (C=O) groups excluding carboxylic acids is 1. The first-order chi connectivity index (χ1) is 16.3. The van der Waals surface area contributed by atoms with Crippen LogP contribution in [0.4, 0.5) is 0 Å². The van der Waals surface area contributed by atoms with Gasteiger partial charge in [-0.2, -0.15) is 0 Å². The average molecular weight is 457 g/mol. The molecule has 1 aliphatic rings. The molecule has 1 amide bonds. The van der Waals surface area contributed by atoms with E-state index >= 15 is 0 Å². The minimum Gasteiger partial charge on any atom is -0.392 e. The van der Waals surface area contributed by atoms with Crippen LogP contribution in [-0.4, -0.2) is 30.2 Å². The second-order valence-electron chi connectivity index (χ2n) is 10.5. The highest BCUT2D eigenvalue weighted by Gasteiger charge is 2.30. The average Bonchev–Trinajstić information content (AvgIpc) is 3.12. The highest BCUT2D eigenvalue weighted by molar-refractivity contribution is 5.84. The summed E-state index contributed by atoms with van der Waals surface area (Å²) in [6.45, 7) is 7.82. The minimum atomic E-state index is -0.555. The molecule has 3 N–H and O–H groups in total. The van der Waals surface area contributed by atoms with Crippen LogP contribution < -0.4 is 10.6 Å². The third-order valence-corrected chi connectivity index (χ3v) is 6.43. The minimum absolute atomic E-state index is 0.000194. The number of amides is 1. The molecule has 2 unspecified atom stereocenters. The maximum atomic E-state index is 13.3. The summed E-state index contributed by atoms with van der Waals surface area (Å²) in [5, 5.41) is 17.3. The van der Waals surface area contributed by atoms with Gasteiger partial charge in [-0.25, -0.2) is 0 Å². The van der Waals surface area contributed by atoms with Crippen LogP contribution in [0.15, 0.2) is 78.9 Å². The van der Waals surface area contributed by atoms with Crippen LogP contribution in [0.5, 0.6) is 0 Å². The fraction of sp³-hybridized carbons (Fsp3) is 0.367. The molecular weight excluding hydrogens is 420 g/mol. The number of benzene rings is 3. The molecule has 0 radical (unpaired) electrons. The number of rotatable bonds is 9. The number of hydrogen-bond acceptors (Lipinski definition) is 3. The van der Waals surface area contributed by atoms with Crippen molar-refractivity contribution in [3.8, 4) is 11.1 Å². The molecule has 0 aliphatic heterocycles. The molecule has 0 bridgehead atoms. The zero-order valence-corrected chi connectivity index (χ0v) is 20.4. The van der Waals surface area contributed by atoms with Crippen LogP contribution in [0.25, 0.3) is 11.1 Å². The van der Waals surface area contributed by atoms with Crippen molar-refractivity contribution in [3.05, 3.63) is 95.6 Å². The Balaban J connectivity index is 1.46. The second-order valence-corrected chi connectivity index (χ2v) is 10.5. The van der Waals surface area contributed by atoms with Crippen LogP contribution >= 0.6 is 0 Å². The summed E-state index contributed by atoms with van der Waals surface area (Å²) in [5.74, 6) is 0.0439. The smallest absolute Gasteiger partial charge is 0.221 e. The number of nitrogens with one attached hydrogen (secondary N) is 2. The van der Waals surface area contributed by atoms with E-state index in [4.69, 9.17) is 0 Å². The number of fused-ring (bicyclic) bond motifs is 3. The van der Waals surface area contributed by atoms with Gasteiger partial charge in [0, 0.05) is 25.4 Å². The van der Waals surface area contributed by atoms with E-state index < -0.39 is 6.10 Å². The third-order valence-electron chi connectivity index (χ3n) is 6.43. The number of carbonyl (C=O) groups is 1. The molecule has 0 spiro atoms. The Morgan fingerprint density at radius 1 is 0.882 bits per heavy atom. The molecule has 0 saturated heterocycles. The third kappa shape index (κ3) is 5.94. The highest BCUT2D eigenvalue weighted by Crippen LogP contribution is 2.46. The van der Waals surface area contributed by atoms with Gasteiger partial charge in [0.1, 0.15) is 0 Å². The lowest BCUT2D eigenvalue weighted by atomic mass is 9.92. The maximum Gasteiger partial charge on any atom is 0.221 e. The summed E-state index contributed by atoms with van der Waals surface area (Å²) < 4.78 is 0. The van der Waals surface area contributed by atoms with Crippen molar-refractivity contribution in [3.63, 3.8) is 0 Å². The molecule has 1 aliphatic carbocycles. The van der Waals surface area contributed by atoms with Gasteiger partial charge in [0.2, 0.25) is 5.91 Å². The summed E-state index contributed by atoms with van der Waals surface area (Å²) in [4.78, 5) is 13.3. The Bertz CT molecular complexity index is 1060. The van der Waals surface area contributed by atoms with Gasteiger partial charge in [-0.1, -0.05) is 99.6 Å². The Hall–Kier alpha value is -2.95. The Kier molecular flexibility index (Phi) is 7.50. The summed E-state index contributed by atoms with van der Waals surface area (Å²) in [6, 6.07) is 26.4. The molecule has 4 rings (SSSR count). The summed E-state index contributed by atoms with van der Waals surface area (Å²) in [5.41, 5.74) is 6.02. The van der Waals surface area contributed by atoms with Gasteiger partial charge in [-0.15, -0.1) is 0 Å². The molecule has 4 nitrogen and oxygen atoms in total. The van der Waals surface area contributed by atoms with Crippen LogP contribution in [0, 0.1) is 5.41 Å². The molecule has 4 heteroatoms. The second kappa shape index (κ2) is 10.5. The monoisotopic (exact) mass is 456 g/mol. The zero-order chi connectivity index (χ0) is 24.1. The van der Waals surface area contributed by atoms with Crippen LogP contribution in [0.1, 0.15) is 62.3 Å². The van der Waals surface area contributed by atoms with E-state index in [2.05, 4.69) is 67.8 Å². The van der Waals surface area contributed by atoms with Crippen LogP contribution in [-0.2, 0) is 4.79 Å². The molecule has 0 aromatic heterocycles. The highest BCUT2D eigenvalue weighted by atomic mass is 16.3. The van der Waals surface area contributed by atoms with Gasteiger partial charge >= 0.3 is 0 Å². The first-order valence-corrected chi connectivity index (χ1v) is 12.2. The van der Waals surface area contributed by atoms with Crippen molar-refractivity contribution in [1.82, 2.24) is 10.6 Å². The number of aliphatic hydroxyl groups is 1. The summed E-state index contributed by atoms with van der Waals surface area (Å²) in [7, 11) is 0. The first-order valence-electron chi connectivity index (χ1n) is 12.2. The van der Waals surface area contributed by atoms with E-state index in [1.807, 2.05) is 42.5 Å². The molecule has 178 valence electrons. The Morgan fingerprint density at radius 3 is 2.03 bits per heavy atom. The number of aliphatic hydroxyl groups excluding tert-OH is 1. The van der Waals surface area contributed by atoms with E-state index in [1.54, 1.807) is 0 Å². The van der Waals surface area contributed by atoms with Crippen LogP contribution in [0.2, 0.25) is 0 Å². The van der Waals surface area contributed by atoms with Crippen molar-refractivity contribution >= 4 is 5.91 Å². The lowest BCUT2D eigenvalue weighted by molar-refractivity contribution is -0.122. The van der Waals surface area contributed by atoms with E-state index in [0.29, 0.717) is 19.4 Å². The molecule has 3 aromatic rings. The zero-order valence-electron chi connectivity index (χ0n) is 20.4. The molecule has 2 atom stereocenters. The van der Waals surface area contributed by atoms with Gasteiger partial charge in [-0.3, -0.25) is 4.79 Å². The quantitative estimate of drug-likeness (QED) is 0.402. The van der Waals surface area contributed by atoms with E-state index in [1.165, 1.54) is 22.3 Å². The normalized spacial score (nSPS) is 14.8. The van der Waals surface area contributed by atoms with Gasteiger partial charge in [0.05, 0.1) is 12.1 Å². The Labute approximate surface area is 203 Å². The lowest BCUT2D eigenvalue weighted by Gasteiger charge is -2.25. The van der Waals surface area contributed by atoms with E-state index in [9.17, 15) is 9.90 Å². The van der Waals surface area contributed by atoms with E-state index in [-0.39, 0.29) is 23.3 Å². The standard InChI is InChI=1S/C30H36N2O2/c1-30(2,3)20-31-19-22(33)17-28(21-11-5-4-6-12-21)32-29(34)18-27-25-15-9-7-13-23(25)24-14-8-10-16-26(24)27/h4-16,22,27-28,31,33H,17-20H2,1-3H3,(H,32,34). The maximum absolute atomic E-state index is 13.3. The molecule has 3 aromatic carbocycles. The van der Waals surface area contributed by atoms with Crippen molar-refractivity contribution < 1.29 is 9.90 Å². The fourth-order valence-electron chi connectivity index (χ4n) is 4.85. The van der Waals surface area contributed by atoms with Crippen molar-refractivity contribution in [1.29, 1.82) is 0 Å². The van der Waals surface area contributed by atoms with Gasteiger partial charge in [0.15, 0.2) is 0 Å². The Morgan fingerprint density at radius 2 is 1.44 bits per heavy atom. The lowest BCUT2D eigenvalue weighted by Crippen LogP contribution is -2.37. The van der Waals surface area contributed by atoms with Crippen LogP contribution in [0.3, 0.4) is 0 Å². The predicted octanol–water partition coefficient (Wildman–Crippen LogP) is 5.43. The van der Waals surface area contributed by atoms with Gasteiger partial charge in [-0.05, 0) is 39.7 Å². The largest absolute Gasteiger partial charge is 0.392 e. The topological polar surface area (TPSA) is 61.4 Å².